The van der Waals surface area contributed by atoms with E-state index in [9.17, 15) is 0 Å². The SMILES string of the molecule is CCCCCCCCCCCCCCCCCCC([C](C)C)c1ccccc1. The van der Waals surface area contributed by atoms with E-state index in [-0.39, 0.29) is 0 Å². The molecule has 0 N–H and O–H groups in total. The minimum atomic E-state index is 0.660. The molecule has 0 heteroatoms. The largest absolute Gasteiger partial charge is 0.0654 e. The third-order valence-electron chi connectivity index (χ3n) is 6.25. The van der Waals surface area contributed by atoms with E-state index in [2.05, 4.69) is 51.1 Å². The summed E-state index contributed by atoms with van der Waals surface area (Å²) in [5.74, 6) is 2.22. The van der Waals surface area contributed by atoms with Crippen molar-refractivity contribution in [3.63, 3.8) is 0 Å². The van der Waals surface area contributed by atoms with Gasteiger partial charge in [-0.1, -0.05) is 154 Å². The maximum Gasteiger partial charge on any atom is -0.0105 e. The lowest BCUT2D eigenvalue weighted by Gasteiger charge is -2.21. The van der Waals surface area contributed by atoms with Gasteiger partial charge in [-0.15, -0.1) is 0 Å². The van der Waals surface area contributed by atoms with Crippen molar-refractivity contribution in [3.05, 3.63) is 41.8 Å². The molecule has 0 saturated heterocycles. The van der Waals surface area contributed by atoms with E-state index < -0.39 is 0 Å². The maximum atomic E-state index is 2.30. The van der Waals surface area contributed by atoms with Crippen molar-refractivity contribution in [3.8, 4) is 0 Å². The molecule has 0 aliphatic carbocycles. The third-order valence-corrected chi connectivity index (χ3v) is 6.25. The monoisotopic (exact) mass is 385 g/mol. The minimum Gasteiger partial charge on any atom is -0.0654 e. The van der Waals surface area contributed by atoms with Crippen LogP contribution in [-0.4, -0.2) is 0 Å². The molecule has 0 saturated carbocycles. The highest BCUT2D eigenvalue weighted by atomic mass is 14.2. The second-order valence-electron chi connectivity index (χ2n) is 9.13. The summed E-state index contributed by atoms with van der Waals surface area (Å²) < 4.78 is 0. The molecule has 1 radical (unpaired) electrons. The lowest BCUT2D eigenvalue weighted by Crippen LogP contribution is -2.05. The highest BCUT2D eigenvalue weighted by Gasteiger charge is 2.15. The van der Waals surface area contributed by atoms with Crippen molar-refractivity contribution in [2.24, 2.45) is 0 Å². The van der Waals surface area contributed by atoms with Crippen LogP contribution in [0.3, 0.4) is 0 Å². The zero-order chi connectivity index (χ0) is 20.3. The number of hydrogen-bond donors (Lipinski definition) is 0. The van der Waals surface area contributed by atoms with E-state index in [1.165, 1.54) is 115 Å². The normalized spacial score (nSPS) is 12.6. The lowest BCUT2D eigenvalue weighted by atomic mass is 9.84. The fraction of sp³-hybridized carbons (Fsp3) is 0.750. The quantitative estimate of drug-likeness (QED) is 0.208. The zero-order valence-electron chi connectivity index (χ0n) is 19.5. The Balaban J connectivity index is 1.87. The van der Waals surface area contributed by atoms with Crippen LogP contribution in [-0.2, 0) is 0 Å². The topological polar surface area (TPSA) is 0 Å². The van der Waals surface area contributed by atoms with E-state index in [4.69, 9.17) is 0 Å². The highest BCUT2D eigenvalue weighted by Crippen LogP contribution is 2.31. The Bertz CT molecular complexity index is 419. The smallest absolute Gasteiger partial charge is 0.0105 e. The molecule has 1 unspecified atom stereocenters. The summed E-state index contributed by atoms with van der Waals surface area (Å²) in [5, 5.41) is 0. The van der Waals surface area contributed by atoms with Gasteiger partial charge in [0.2, 0.25) is 0 Å². The summed E-state index contributed by atoms with van der Waals surface area (Å²) in [6, 6.07) is 11.1. The predicted molar refractivity (Wildman–Crippen MR) is 128 cm³/mol. The van der Waals surface area contributed by atoms with Crippen LogP contribution in [0.25, 0.3) is 0 Å². The second kappa shape index (κ2) is 18.3. The Morgan fingerprint density at radius 2 is 0.964 bits per heavy atom. The molecule has 0 bridgehead atoms. The van der Waals surface area contributed by atoms with Gasteiger partial charge in [0.25, 0.3) is 0 Å². The van der Waals surface area contributed by atoms with Gasteiger partial charge in [-0.25, -0.2) is 0 Å². The molecule has 0 fully saturated rings. The Morgan fingerprint density at radius 3 is 1.36 bits per heavy atom. The highest BCUT2D eigenvalue weighted by molar-refractivity contribution is 5.24. The molecule has 1 aromatic rings. The molecule has 1 aromatic carbocycles. The molecule has 0 aliphatic heterocycles. The van der Waals surface area contributed by atoms with E-state index in [1.54, 1.807) is 5.92 Å². The van der Waals surface area contributed by atoms with Crippen LogP contribution in [0, 0.1) is 5.92 Å². The van der Waals surface area contributed by atoms with E-state index in [0.717, 1.165) is 0 Å². The summed E-state index contributed by atoms with van der Waals surface area (Å²) in [6.07, 6.45) is 24.5. The first kappa shape index (κ1) is 25.3. The van der Waals surface area contributed by atoms with Gasteiger partial charge in [-0.2, -0.15) is 0 Å². The van der Waals surface area contributed by atoms with Crippen molar-refractivity contribution in [1.29, 1.82) is 0 Å². The average molecular weight is 386 g/mol. The molecule has 161 valence electrons. The maximum absolute atomic E-state index is 2.30. The molecule has 0 nitrogen and oxygen atoms in total. The van der Waals surface area contributed by atoms with Crippen molar-refractivity contribution in [2.75, 3.05) is 0 Å². The van der Waals surface area contributed by atoms with Crippen molar-refractivity contribution < 1.29 is 0 Å². The van der Waals surface area contributed by atoms with Gasteiger partial charge in [0.15, 0.2) is 0 Å². The summed E-state index contributed by atoms with van der Waals surface area (Å²) in [5.41, 5.74) is 1.50. The van der Waals surface area contributed by atoms with Gasteiger partial charge in [-0.3, -0.25) is 0 Å². The Hall–Kier alpha value is -0.780. The van der Waals surface area contributed by atoms with Gasteiger partial charge < -0.3 is 0 Å². The lowest BCUT2D eigenvalue weighted by molar-refractivity contribution is 0.518. The molecule has 0 aliphatic rings. The average Bonchev–Trinajstić information content (AvgIpc) is 2.70. The molecule has 1 atom stereocenters. The van der Waals surface area contributed by atoms with Gasteiger partial charge in [-0.05, 0) is 23.8 Å². The predicted octanol–water partition coefficient (Wildman–Crippen LogP) is 10.0. The molecule has 0 heterocycles. The van der Waals surface area contributed by atoms with Crippen LogP contribution in [0.15, 0.2) is 30.3 Å². The molecule has 0 amide bonds. The summed E-state index contributed by atoms with van der Waals surface area (Å²) >= 11 is 0. The van der Waals surface area contributed by atoms with Crippen molar-refractivity contribution in [1.82, 2.24) is 0 Å². The second-order valence-corrected chi connectivity index (χ2v) is 9.13. The van der Waals surface area contributed by atoms with Gasteiger partial charge in [0.1, 0.15) is 0 Å². The van der Waals surface area contributed by atoms with Gasteiger partial charge >= 0.3 is 0 Å². The van der Waals surface area contributed by atoms with Crippen LogP contribution in [0.5, 0.6) is 0 Å². The van der Waals surface area contributed by atoms with E-state index >= 15 is 0 Å². The number of unbranched alkanes of at least 4 members (excludes halogenated alkanes) is 15. The van der Waals surface area contributed by atoms with Crippen LogP contribution in [0.4, 0.5) is 0 Å². The van der Waals surface area contributed by atoms with Crippen LogP contribution in [0.2, 0.25) is 0 Å². The van der Waals surface area contributed by atoms with Crippen molar-refractivity contribution in [2.45, 2.75) is 136 Å². The van der Waals surface area contributed by atoms with Crippen LogP contribution < -0.4 is 0 Å². The fourth-order valence-corrected chi connectivity index (χ4v) is 4.37. The Labute approximate surface area is 177 Å². The first-order valence-electron chi connectivity index (χ1n) is 12.6. The first-order chi connectivity index (χ1) is 13.8. The summed E-state index contributed by atoms with van der Waals surface area (Å²) in [4.78, 5) is 0. The first-order valence-corrected chi connectivity index (χ1v) is 12.6. The fourth-order valence-electron chi connectivity index (χ4n) is 4.37. The summed E-state index contributed by atoms with van der Waals surface area (Å²) in [7, 11) is 0. The van der Waals surface area contributed by atoms with Crippen LogP contribution >= 0.6 is 0 Å². The van der Waals surface area contributed by atoms with E-state index in [1.807, 2.05) is 0 Å². The molecular formula is C28H49. The number of hydrogen-bond acceptors (Lipinski definition) is 0. The molecular weight excluding hydrogens is 336 g/mol. The Morgan fingerprint density at radius 1 is 0.571 bits per heavy atom. The van der Waals surface area contributed by atoms with Gasteiger partial charge in [0, 0.05) is 0 Å². The van der Waals surface area contributed by atoms with Crippen LogP contribution in [0.1, 0.15) is 141 Å². The van der Waals surface area contributed by atoms with Crippen molar-refractivity contribution >= 4 is 0 Å². The molecule has 0 spiro atoms. The zero-order valence-corrected chi connectivity index (χ0v) is 19.5. The summed E-state index contributed by atoms with van der Waals surface area (Å²) in [6.45, 7) is 6.89. The number of benzene rings is 1. The number of rotatable bonds is 19. The molecule has 1 rings (SSSR count). The molecule has 0 aromatic heterocycles. The Kier molecular flexibility index (Phi) is 16.5. The molecule has 28 heavy (non-hydrogen) atoms. The standard InChI is InChI=1S/C28H49/c1-4-5-6-7-8-9-10-11-12-13-14-15-16-17-18-22-25-28(26(2)3)27-23-20-19-21-24-27/h19-21,23-24,28H,4-18,22,25H2,1-3H3. The minimum absolute atomic E-state index is 0.660. The third kappa shape index (κ3) is 13.4. The van der Waals surface area contributed by atoms with E-state index in [0.29, 0.717) is 5.92 Å². The van der Waals surface area contributed by atoms with Gasteiger partial charge in [0.05, 0.1) is 0 Å².